The topological polar surface area (TPSA) is 58.2 Å². The highest BCUT2D eigenvalue weighted by Gasteiger charge is 2.28. The van der Waals surface area contributed by atoms with E-state index >= 15 is 0 Å². The minimum Gasteiger partial charge on any atom is -0.354 e. The highest BCUT2D eigenvalue weighted by molar-refractivity contribution is 7.98. The Morgan fingerprint density at radius 1 is 1.18 bits per heavy atom. The van der Waals surface area contributed by atoms with Crippen molar-refractivity contribution in [2.45, 2.75) is 62.3 Å². The molecule has 1 heterocycles. The molecule has 1 aliphatic carbocycles. The van der Waals surface area contributed by atoms with Crippen LogP contribution < -0.4 is 10.6 Å². The summed E-state index contributed by atoms with van der Waals surface area (Å²) in [5.74, 6) is 0.929. The molecule has 4 nitrogen and oxygen atoms in total. The number of amides is 2. The summed E-state index contributed by atoms with van der Waals surface area (Å²) in [6.07, 6.45) is 3.52. The van der Waals surface area contributed by atoms with E-state index in [4.69, 9.17) is 0 Å². The van der Waals surface area contributed by atoms with Gasteiger partial charge in [-0.15, -0.1) is 23.1 Å². The van der Waals surface area contributed by atoms with E-state index in [1.807, 2.05) is 44.2 Å². The van der Waals surface area contributed by atoms with Crippen molar-refractivity contribution in [3.63, 3.8) is 0 Å². The van der Waals surface area contributed by atoms with Gasteiger partial charge in [-0.25, -0.2) is 0 Å². The van der Waals surface area contributed by atoms with Crippen LogP contribution in [0.4, 0.5) is 0 Å². The van der Waals surface area contributed by atoms with Gasteiger partial charge in [0.25, 0.3) is 5.91 Å². The number of carbonyl (C=O) groups is 2. The lowest BCUT2D eigenvalue weighted by molar-refractivity contribution is -0.126. The van der Waals surface area contributed by atoms with Crippen LogP contribution in [0.25, 0.3) is 0 Å². The Kier molecular flexibility index (Phi) is 7.57. The van der Waals surface area contributed by atoms with Gasteiger partial charge in [-0.1, -0.05) is 24.6 Å². The number of benzene rings is 1. The van der Waals surface area contributed by atoms with Gasteiger partial charge >= 0.3 is 0 Å². The predicted molar refractivity (Wildman–Crippen MR) is 117 cm³/mol. The van der Waals surface area contributed by atoms with Crippen molar-refractivity contribution < 1.29 is 9.59 Å². The fraction of sp³-hybridized carbons (Fsp3) is 0.455. The molecule has 0 spiro atoms. The van der Waals surface area contributed by atoms with Crippen LogP contribution >= 0.6 is 23.1 Å². The van der Waals surface area contributed by atoms with Gasteiger partial charge < -0.3 is 10.6 Å². The molecule has 0 bridgehead atoms. The van der Waals surface area contributed by atoms with E-state index in [0.29, 0.717) is 0 Å². The van der Waals surface area contributed by atoms with Gasteiger partial charge in [0.15, 0.2) is 0 Å². The van der Waals surface area contributed by atoms with E-state index in [1.54, 1.807) is 23.1 Å². The van der Waals surface area contributed by atoms with Crippen molar-refractivity contribution in [1.29, 1.82) is 0 Å². The number of hydrogen-bond acceptors (Lipinski definition) is 4. The van der Waals surface area contributed by atoms with Gasteiger partial charge in [0, 0.05) is 33.5 Å². The maximum atomic E-state index is 12.9. The van der Waals surface area contributed by atoms with Crippen LogP contribution in [0.15, 0.2) is 46.7 Å². The zero-order chi connectivity index (χ0) is 19.9. The molecule has 0 aliphatic heterocycles. The average Bonchev–Trinajstić information content (AvgIpc) is 3.20. The number of thioether (sulfide) groups is 1. The van der Waals surface area contributed by atoms with Crippen molar-refractivity contribution in [1.82, 2.24) is 10.6 Å². The highest BCUT2D eigenvalue weighted by atomic mass is 32.2. The van der Waals surface area contributed by atoms with Gasteiger partial charge in [-0.2, -0.15) is 0 Å². The zero-order valence-electron chi connectivity index (χ0n) is 16.4. The van der Waals surface area contributed by atoms with E-state index in [0.717, 1.165) is 41.9 Å². The molecule has 150 valence electrons. The minimum atomic E-state index is -0.0378. The summed E-state index contributed by atoms with van der Waals surface area (Å²) in [7, 11) is 0. The normalized spacial score (nSPS) is 19.4. The number of rotatable bonds is 7. The summed E-state index contributed by atoms with van der Waals surface area (Å²) >= 11 is 3.43. The second-order valence-corrected chi connectivity index (χ2v) is 9.61. The van der Waals surface area contributed by atoms with Crippen molar-refractivity contribution in [3.05, 3.63) is 52.2 Å². The molecule has 1 aromatic heterocycles. The Hall–Kier alpha value is -1.79. The van der Waals surface area contributed by atoms with E-state index in [-0.39, 0.29) is 29.8 Å². The third-order valence-corrected chi connectivity index (χ3v) is 7.07. The highest BCUT2D eigenvalue weighted by Crippen LogP contribution is 2.29. The van der Waals surface area contributed by atoms with Crippen LogP contribution in [0.5, 0.6) is 0 Å². The number of carbonyl (C=O) groups excluding carboxylic acids is 2. The molecule has 1 fully saturated rings. The van der Waals surface area contributed by atoms with Crippen molar-refractivity contribution in [2.24, 2.45) is 5.92 Å². The monoisotopic (exact) mass is 416 g/mol. The molecule has 2 atom stereocenters. The van der Waals surface area contributed by atoms with Crippen molar-refractivity contribution in [2.75, 3.05) is 0 Å². The van der Waals surface area contributed by atoms with Gasteiger partial charge in [0.1, 0.15) is 0 Å². The molecule has 2 N–H and O–H groups in total. The van der Waals surface area contributed by atoms with E-state index in [1.165, 1.54) is 4.88 Å². The summed E-state index contributed by atoms with van der Waals surface area (Å²) in [4.78, 5) is 27.6. The number of nitrogens with one attached hydrogen (secondary N) is 2. The summed E-state index contributed by atoms with van der Waals surface area (Å²) in [5.41, 5.74) is 0.720. The zero-order valence-corrected chi connectivity index (χ0v) is 18.1. The van der Waals surface area contributed by atoms with E-state index in [2.05, 4.69) is 22.1 Å². The first-order valence-corrected chi connectivity index (χ1v) is 11.7. The molecule has 1 saturated carbocycles. The Balaban J connectivity index is 1.60. The molecule has 3 rings (SSSR count). The van der Waals surface area contributed by atoms with Crippen LogP contribution in [0.1, 0.15) is 54.8 Å². The fourth-order valence-electron chi connectivity index (χ4n) is 3.55. The second-order valence-electron chi connectivity index (χ2n) is 7.56. The molecule has 6 heteroatoms. The third-order valence-electron chi connectivity index (χ3n) is 4.89. The van der Waals surface area contributed by atoms with Crippen molar-refractivity contribution >= 4 is 34.9 Å². The molecular weight excluding hydrogens is 388 g/mol. The van der Waals surface area contributed by atoms with Gasteiger partial charge in [0.2, 0.25) is 5.91 Å². The molecule has 1 aliphatic rings. The fourth-order valence-corrected chi connectivity index (χ4v) is 5.37. The first-order chi connectivity index (χ1) is 13.5. The number of thiophene rings is 1. The molecule has 2 aromatic rings. The van der Waals surface area contributed by atoms with Gasteiger partial charge in [-0.3, -0.25) is 9.59 Å². The first kappa shape index (κ1) is 20.9. The van der Waals surface area contributed by atoms with Gasteiger partial charge in [-0.05, 0) is 56.7 Å². The maximum absolute atomic E-state index is 12.9. The third kappa shape index (κ3) is 5.85. The molecule has 2 amide bonds. The Morgan fingerprint density at radius 2 is 2.00 bits per heavy atom. The molecule has 28 heavy (non-hydrogen) atoms. The Morgan fingerprint density at radius 3 is 2.75 bits per heavy atom. The van der Waals surface area contributed by atoms with Crippen LogP contribution in [0.2, 0.25) is 0 Å². The van der Waals surface area contributed by atoms with Crippen LogP contribution in [0, 0.1) is 5.92 Å². The number of hydrogen-bond donors (Lipinski definition) is 2. The SMILES string of the molecule is CC(C)NC(=O)C1CCCC(NC(=O)c2ccccc2SCc2cccs2)C1. The molecular formula is C22H28N2O2S2. The Bertz CT molecular complexity index is 790. The largest absolute Gasteiger partial charge is 0.354 e. The predicted octanol–water partition coefficient (Wildman–Crippen LogP) is 4.85. The van der Waals surface area contributed by atoms with E-state index in [9.17, 15) is 9.59 Å². The Labute approximate surface area is 175 Å². The first-order valence-electron chi connectivity index (χ1n) is 9.88. The van der Waals surface area contributed by atoms with Gasteiger partial charge in [0.05, 0.1) is 5.56 Å². The second kappa shape index (κ2) is 10.1. The van der Waals surface area contributed by atoms with Crippen LogP contribution in [0.3, 0.4) is 0 Å². The van der Waals surface area contributed by atoms with Crippen molar-refractivity contribution in [3.8, 4) is 0 Å². The lowest BCUT2D eigenvalue weighted by Gasteiger charge is -2.29. The summed E-state index contributed by atoms with van der Waals surface area (Å²) in [6, 6.07) is 12.1. The standard InChI is InChI=1S/C22H28N2O2S2/c1-15(2)23-21(25)16-7-5-8-17(13-16)24-22(26)19-10-3-4-11-20(19)28-14-18-9-6-12-27-18/h3-4,6,9-12,15-17H,5,7-8,13-14H2,1-2H3,(H,23,25)(H,24,26). The summed E-state index contributed by atoms with van der Waals surface area (Å²) < 4.78 is 0. The lowest BCUT2D eigenvalue weighted by atomic mass is 9.85. The smallest absolute Gasteiger partial charge is 0.252 e. The molecule has 2 unspecified atom stereocenters. The molecule has 0 radical (unpaired) electrons. The van der Waals surface area contributed by atoms with Crippen LogP contribution in [-0.4, -0.2) is 23.9 Å². The minimum absolute atomic E-state index is 0.00935. The molecule has 1 aromatic carbocycles. The summed E-state index contributed by atoms with van der Waals surface area (Å²) in [6.45, 7) is 3.95. The summed E-state index contributed by atoms with van der Waals surface area (Å²) in [5, 5.41) is 8.25. The average molecular weight is 417 g/mol. The quantitative estimate of drug-likeness (QED) is 0.634. The maximum Gasteiger partial charge on any atom is 0.252 e. The lowest BCUT2D eigenvalue weighted by Crippen LogP contribution is -2.43. The van der Waals surface area contributed by atoms with Crippen LogP contribution in [-0.2, 0) is 10.5 Å². The van der Waals surface area contributed by atoms with E-state index < -0.39 is 0 Å². The molecule has 0 saturated heterocycles.